The summed E-state index contributed by atoms with van der Waals surface area (Å²) in [6.45, 7) is 8.94. The minimum atomic E-state index is -0.684. The van der Waals surface area contributed by atoms with Crippen LogP contribution in [0.1, 0.15) is 62.8 Å². The normalized spacial score (nSPS) is 15.2. The molecular weight excluding hydrogens is 528 g/mol. The van der Waals surface area contributed by atoms with E-state index in [9.17, 15) is 9.59 Å². The van der Waals surface area contributed by atoms with Gasteiger partial charge in [-0.1, -0.05) is 68.5 Å². The van der Waals surface area contributed by atoms with E-state index in [1.165, 1.54) is 16.9 Å². The Kier molecular flexibility index (Phi) is 9.60. The van der Waals surface area contributed by atoms with Gasteiger partial charge in [0.15, 0.2) is 16.3 Å². The second-order valence-electron chi connectivity index (χ2n) is 9.76. The Morgan fingerprint density at radius 3 is 2.50 bits per heavy atom. The van der Waals surface area contributed by atoms with Gasteiger partial charge in [-0.15, -0.1) is 0 Å². The predicted molar refractivity (Wildman–Crippen MR) is 156 cm³/mol. The van der Waals surface area contributed by atoms with Gasteiger partial charge in [-0.3, -0.25) is 9.36 Å². The number of allylic oxidation sites excluding steroid dienone is 1. The molecule has 40 heavy (non-hydrogen) atoms. The van der Waals surface area contributed by atoms with Gasteiger partial charge in [0.05, 0.1) is 42.2 Å². The number of aromatic nitrogens is 1. The van der Waals surface area contributed by atoms with E-state index in [0.717, 1.165) is 17.5 Å². The summed E-state index contributed by atoms with van der Waals surface area (Å²) in [6, 6.07) is 12.9. The molecule has 1 aliphatic heterocycles. The number of para-hydroxylation sites is 1. The van der Waals surface area contributed by atoms with Gasteiger partial charge in [0.2, 0.25) is 0 Å². The van der Waals surface area contributed by atoms with E-state index in [1.54, 1.807) is 31.8 Å². The van der Waals surface area contributed by atoms with Gasteiger partial charge in [0, 0.05) is 12.7 Å². The number of carbonyl (C=O) groups is 1. The molecule has 0 amide bonds. The quantitative estimate of drug-likeness (QED) is 0.254. The van der Waals surface area contributed by atoms with Crippen molar-refractivity contribution in [2.24, 2.45) is 4.99 Å². The topological polar surface area (TPSA) is 88.4 Å². The molecule has 9 heteroatoms. The zero-order valence-corrected chi connectivity index (χ0v) is 24.7. The van der Waals surface area contributed by atoms with E-state index < -0.39 is 12.0 Å². The van der Waals surface area contributed by atoms with Crippen molar-refractivity contribution in [2.45, 2.75) is 46.1 Å². The van der Waals surface area contributed by atoms with Crippen LogP contribution in [0.5, 0.6) is 11.5 Å². The van der Waals surface area contributed by atoms with Gasteiger partial charge in [0.25, 0.3) is 5.56 Å². The number of ether oxygens (including phenoxy) is 4. The van der Waals surface area contributed by atoms with Crippen LogP contribution in [-0.2, 0) is 14.3 Å². The lowest BCUT2D eigenvalue weighted by molar-refractivity contribution is -0.140. The molecule has 0 spiro atoms. The van der Waals surface area contributed by atoms with E-state index in [-0.39, 0.29) is 18.8 Å². The fraction of sp³-hybridized carbons (Fsp3) is 0.387. The Bertz CT molecular complexity index is 1570. The number of hydrogen-bond donors (Lipinski definition) is 0. The van der Waals surface area contributed by atoms with Crippen LogP contribution in [0.3, 0.4) is 0 Å². The standard InChI is InChI=1S/C31H36N2O6S/c1-7-15-38-28-23(9-8-10-24(28)37-6)18-25-29(34)33-27(22-13-11-21(12-14-22)19(2)3)26(20(4)32-31(33)40-25)30(35)39-17-16-36-5/h8-14,18-19,27H,7,15-17H2,1-6H3. The second kappa shape index (κ2) is 13.1. The Morgan fingerprint density at radius 1 is 1.10 bits per heavy atom. The fourth-order valence-electron chi connectivity index (χ4n) is 4.56. The summed E-state index contributed by atoms with van der Waals surface area (Å²) in [5.74, 6) is 1.000. The van der Waals surface area contributed by atoms with Gasteiger partial charge in [-0.05, 0) is 42.5 Å². The number of esters is 1. The highest BCUT2D eigenvalue weighted by Crippen LogP contribution is 2.33. The SMILES string of the molecule is CCCOc1c(C=c2sc3n(c2=O)C(c2ccc(C(C)C)cc2)C(C(=O)OCCOC)=C(C)N=3)cccc1OC. The fourth-order valence-corrected chi connectivity index (χ4v) is 5.60. The van der Waals surface area contributed by atoms with Crippen molar-refractivity contribution >= 4 is 23.4 Å². The molecule has 8 nitrogen and oxygen atoms in total. The highest BCUT2D eigenvalue weighted by Gasteiger charge is 2.33. The van der Waals surface area contributed by atoms with Crippen LogP contribution >= 0.6 is 11.3 Å². The number of nitrogens with zero attached hydrogens (tertiary/aromatic N) is 2. The molecule has 0 N–H and O–H groups in total. The van der Waals surface area contributed by atoms with Crippen molar-refractivity contribution < 1.29 is 23.7 Å². The summed E-state index contributed by atoms with van der Waals surface area (Å²) in [4.78, 5) is 32.5. The van der Waals surface area contributed by atoms with Crippen LogP contribution in [0.4, 0.5) is 0 Å². The van der Waals surface area contributed by atoms with Crippen LogP contribution in [0.15, 0.2) is 63.5 Å². The summed E-state index contributed by atoms with van der Waals surface area (Å²) in [5.41, 5.74) is 3.30. The summed E-state index contributed by atoms with van der Waals surface area (Å²) in [5, 5.41) is 0. The number of carbonyl (C=O) groups excluding carboxylic acids is 1. The number of fused-ring (bicyclic) bond motifs is 1. The van der Waals surface area contributed by atoms with Crippen molar-refractivity contribution in [3.63, 3.8) is 0 Å². The third-order valence-corrected chi connectivity index (χ3v) is 7.63. The summed E-state index contributed by atoms with van der Waals surface area (Å²) >= 11 is 1.27. The maximum Gasteiger partial charge on any atom is 0.338 e. The van der Waals surface area contributed by atoms with Crippen LogP contribution in [-0.4, -0.2) is 44.6 Å². The molecule has 0 aliphatic carbocycles. The maximum absolute atomic E-state index is 14.0. The zero-order valence-electron chi connectivity index (χ0n) is 23.9. The van der Waals surface area contributed by atoms with Crippen molar-refractivity contribution in [1.82, 2.24) is 4.57 Å². The molecule has 0 saturated heterocycles. The summed E-state index contributed by atoms with van der Waals surface area (Å²) in [6.07, 6.45) is 2.63. The number of thiazole rings is 1. The molecule has 1 atom stereocenters. The molecule has 0 saturated carbocycles. The maximum atomic E-state index is 14.0. The number of methoxy groups -OCH3 is 2. The molecule has 1 aliphatic rings. The number of hydrogen-bond acceptors (Lipinski definition) is 8. The number of benzene rings is 2. The lowest BCUT2D eigenvalue weighted by atomic mass is 9.93. The molecule has 2 heterocycles. The molecule has 1 unspecified atom stereocenters. The third kappa shape index (κ3) is 6.05. The van der Waals surface area contributed by atoms with Crippen molar-refractivity contribution in [1.29, 1.82) is 0 Å². The Labute approximate surface area is 238 Å². The van der Waals surface area contributed by atoms with Gasteiger partial charge >= 0.3 is 5.97 Å². The summed E-state index contributed by atoms with van der Waals surface area (Å²) in [7, 11) is 3.13. The Hall–Kier alpha value is -3.69. The Balaban J connectivity index is 1.89. The highest BCUT2D eigenvalue weighted by molar-refractivity contribution is 7.07. The smallest absolute Gasteiger partial charge is 0.338 e. The lowest BCUT2D eigenvalue weighted by Gasteiger charge is -2.25. The molecule has 3 aromatic rings. The van der Waals surface area contributed by atoms with Gasteiger partial charge in [-0.25, -0.2) is 9.79 Å². The highest BCUT2D eigenvalue weighted by atomic mass is 32.1. The first-order valence-electron chi connectivity index (χ1n) is 13.4. The Morgan fingerprint density at radius 2 is 1.85 bits per heavy atom. The van der Waals surface area contributed by atoms with E-state index in [1.807, 2.05) is 49.4 Å². The molecule has 0 bridgehead atoms. The average Bonchev–Trinajstić information content (AvgIpc) is 3.25. The van der Waals surface area contributed by atoms with Gasteiger partial charge in [-0.2, -0.15) is 0 Å². The van der Waals surface area contributed by atoms with E-state index in [4.69, 9.17) is 18.9 Å². The third-order valence-electron chi connectivity index (χ3n) is 6.65. The summed E-state index contributed by atoms with van der Waals surface area (Å²) < 4.78 is 24.1. The molecule has 1 aromatic heterocycles. The van der Waals surface area contributed by atoms with Crippen LogP contribution < -0.4 is 24.4 Å². The largest absolute Gasteiger partial charge is 0.493 e. The van der Waals surface area contributed by atoms with E-state index >= 15 is 0 Å². The van der Waals surface area contributed by atoms with E-state index in [2.05, 4.69) is 18.8 Å². The van der Waals surface area contributed by atoms with Crippen molar-refractivity contribution in [3.8, 4) is 11.5 Å². The zero-order chi connectivity index (χ0) is 28.8. The predicted octanol–water partition coefficient (Wildman–Crippen LogP) is 4.35. The first-order chi connectivity index (χ1) is 19.3. The van der Waals surface area contributed by atoms with Crippen LogP contribution in [0.2, 0.25) is 0 Å². The minimum Gasteiger partial charge on any atom is -0.493 e. The molecular formula is C31H36N2O6S. The lowest BCUT2D eigenvalue weighted by Crippen LogP contribution is -2.40. The van der Waals surface area contributed by atoms with E-state index in [0.29, 0.717) is 44.6 Å². The van der Waals surface area contributed by atoms with Crippen LogP contribution in [0.25, 0.3) is 6.08 Å². The van der Waals surface area contributed by atoms with Gasteiger partial charge in [0.1, 0.15) is 6.61 Å². The molecule has 0 fully saturated rings. The van der Waals surface area contributed by atoms with Crippen molar-refractivity contribution in [2.75, 3.05) is 34.0 Å². The minimum absolute atomic E-state index is 0.103. The van der Waals surface area contributed by atoms with Crippen molar-refractivity contribution in [3.05, 3.63) is 90.1 Å². The molecule has 4 rings (SSSR count). The first kappa shape index (κ1) is 29.3. The first-order valence-corrected chi connectivity index (χ1v) is 14.2. The monoisotopic (exact) mass is 564 g/mol. The molecule has 2 aromatic carbocycles. The number of rotatable bonds is 11. The molecule has 212 valence electrons. The average molecular weight is 565 g/mol. The van der Waals surface area contributed by atoms with Gasteiger partial charge < -0.3 is 18.9 Å². The van der Waals surface area contributed by atoms with Crippen LogP contribution in [0, 0.1) is 0 Å². The molecule has 0 radical (unpaired) electrons. The second-order valence-corrected chi connectivity index (χ2v) is 10.8.